The molecule has 112 valence electrons. The average Bonchev–Trinajstić information content (AvgIpc) is 2.47. The Morgan fingerprint density at radius 2 is 1.95 bits per heavy atom. The minimum Gasteiger partial charge on any atom is -0.493 e. The average molecular weight is 280 g/mol. The first kappa shape index (κ1) is 16.5. The standard InChI is InChI=1S/C16H24O4/c1-12(8-5-6-11-17)15(19-3)13-9-7-10-14(18-2)16(13)20-4/h5,7-10,12,15,17H,6,11H2,1-4H3/b8-5+/t12-,15+/m1/s1. The Labute approximate surface area is 121 Å². The van der Waals surface area contributed by atoms with Crippen molar-refractivity contribution < 1.29 is 19.3 Å². The van der Waals surface area contributed by atoms with Gasteiger partial charge in [0.05, 0.1) is 20.3 Å². The van der Waals surface area contributed by atoms with Crippen LogP contribution in [0.1, 0.15) is 25.0 Å². The van der Waals surface area contributed by atoms with Crippen molar-refractivity contribution in [3.05, 3.63) is 35.9 Å². The summed E-state index contributed by atoms with van der Waals surface area (Å²) in [5.74, 6) is 1.55. The van der Waals surface area contributed by atoms with E-state index in [1.54, 1.807) is 21.3 Å². The molecule has 0 aliphatic carbocycles. The lowest BCUT2D eigenvalue weighted by Gasteiger charge is -2.23. The molecule has 1 aromatic rings. The molecule has 0 spiro atoms. The van der Waals surface area contributed by atoms with Crippen LogP contribution in [0.15, 0.2) is 30.4 Å². The van der Waals surface area contributed by atoms with Crippen molar-refractivity contribution in [2.75, 3.05) is 27.9 Å². The highest BCUT2D eigenvalue weighted by Gasteiger charge is 2.22. The molecule has 0 heterocycles. The second-order valence-corrected chi connectivity index (χ2v) is 4.54. The lowest BCUT2D eigenvalue weighted by molar-refractivity contribution is 0.0715. The van der Waals surface area contributed by atoms with Crippen LogP contribution in [-0.4, -0.2) is 33.0 Å². The van der Waals surface area contributed by atoms with Gasteiger partial charge in [0.2, 0.25) is 0 Å². The number of ether oxygens (including phenoxy) is 3. The van der Waals surface area contributed by atoms with Crippen LogP contribution in [-0.2, 0) is 4.74 Å². The van der Waals surface area contributed by atoms with E-state index in [2.05, 4.69) is 6.92 Å². The Balaban J connectivity index is 3.05. The van der Waals surface area contributed by atoms with E-state index < -0.39 is 0 Å². The second-order valence-electron chi connectivity index (χ2n) is 4.54. The molecule has 1 rings (SSSR count). The molecule has 20 heavy (non-hydrogen) atoms. The highest BCUT2D eigenvalue weighted by atomic mass is 16.5. The van der Waals surface area contributed by atoms with E-state index >= 15 is 0 Å². The van der Waals surface area contributed by atoms with Crippen LogP contribution in [0.5, 0.6) is 11.5 Å². The molecule has 0 unspecified atom stereocenters. The summed E-state index contributed by atoms with van der Waals surface area (Å²) in [7, 11) is 4.92. The van der Waals surface area contributed by atoms with Gasteiger partial charge in [0, 0.05) is 25.2 Å². The van der Waals surface area contributed by atoms with Crippen molar-refractivity contribution in [3.8, 4) is 11.5 Å². The summed E-state index contributed by atoms with van der Waals surface area (Å²) in [5.41, 5.74) is 0.954. The fourth-order valence-corrected chi connectivity index (χ4v) is 2.25. The van der Waals surface area contributed by atoms with E-state index in [0.29, 0.717) is 17.9 Å². The summed E-state index contributed by atoms with van der Waals surface area (Å²) in [6.07, 6.45) is 4.53. The molecule has 0 aromatic heterocycles. The van der Waals surface area contributed by atoms with Crippen molar-refractivity contribution in [1.82, 2.24) is 0 Å². The minimum absolute atomic E-state index is 0.130. The Morgan fingerprint density at radius 3 is 2.50 bits per heavy atom. The third-order valence-corrected chi connectivity index (χ3v) is 3.21. The smallest absolute Gasteiger partial charge is 0.166 e. The molecule has 0 aliphatic heterocycles. The Hall–Kier alpha value is -1.52. The first-order valence-electron chi connectivity index (χ1n) is 6.70. The van der Waals surface area contributed by atoms with Crippen LogP contribution in [0.3, 0.4) is 0 Å². The van der Waals surface area contributed by atoms with Gasteiger partial charge in [-0.15, -0.1) is 0 Å². The number of hydrogen-bond acceptors (Lipinski definition) is 4. The van der Waals surface area contributed by atoms with E-state index in [1.165, 1.54) is 0 Å². The monoisotopic (exact) mass is 280 g/mol. The Kier molecular flexibility index (Phi) is 7.12. The number of rotatable bonds is 8. The van der Waals surface area contributed by atoms with Crippen molar-refractivity contribution >= 4 is 0 Å². The third kappa shape index (κ3) is 3.99. The van der Waals surface area contributed by atoms with Crippen molar-refractivity contribution in [2.24, 2.45) is 5.92 Å². The van der Waals surface area contributed by atoms with Gasteiger partial charge in [-0.1, -0.05) is 31.2 Å². The molecule has 4 heteroatoms. The first-order valence-corrected chi connectivity index (χ1v) is 6.70. The summed E-state index contributed by atoms with van der Waals surface area (Å²) >= 11 is 0. The number of hydrogen-bond donors (Lipinski definition) is 1. The summed E-state index contributed by atoms with van der Waals surface area (Å²) in [6.45, 7) is 2.23. The lowest BCUT2D eigenvalue weighted by Crippen LogP contribution is -2.12. The van der Waals surface area contributed by atoms with E-state index in [0.717, 1.165) is 5.56 Å². The summed E-state index contributed by atoms with van der Waals surface area (Å²) in [5, 5.41) is 8.82. The molecule has 1 N–H and O–H groups in total. The number of para-hydroxylation sites is 1. The molecule has 0 bridgehead atoms. The van der Waals surface area contributed by atoms with Crippen LogP contribution < -0.4 is 9.47 Å². The number of aliphatic hydroxyl groups excluding tert-OH is 1. The number of methoxy groups -OCH3 is 3. The zero-order valence-electron chi connectivity index (χ0n) is 12.6. The Bertz CT molecular complexity index is 428. The van der Waals surface area contributed by atoms with Crippen molar-refractivity contribution in [3.63, 3.8) is 0 Å². The number of aliphatic hydroxyl groups is 1. The van der Waals surface area contributed by atoms with Crippen LogP contribution in [0.25, 0.3) is 0 Å². The second kappa shape index (κ2) is 8.61. The zero-order valence-corrected chi connectivity index (χ0v) is 12.6. The quantitative estimate of drug-likeness (QED) is 0.744. The van der Waals surface area contributed by atoms with Crippen LogP contribution in [0.4, 0.5) is 0 Å². The number of benzene rings is 1. The predicted octanol–water partition coefficient (Wildman–Crippen LogP) is 2.97. The van der Waals surface area contributed by atoms with Gasteiger partial charge in [-0.3, -0.25) is 0 Å². The topological polar surface area (TPSA) is 47.9 Å². The largest absolute Gasteiger partial charge is 0.493 e. The van der Waals surface area contributed by atoms with Crippen LogP contribution in [0.2, 0.25) is 0 Å². The van der Waals surface area contributed by atoms with Gasteiger partial charge in [-0.05, 0) is 12.5 Å². The summed E-state index contributed by atoms with van der Waals surface area (Å²) in [6, 6.07) is 5.76. The van der Waals surface area contributed by atoms with Gasteiger partial charge in [-0.25, -0.2) is 0 Å². The molecule has 0 saturated carbocycles. The maximum atomic E-state index is 8.82. The van der Waals surface area contributed by atoms with Crippen LogP contribution >= 0.6 is 0 Å². The highest BCUT2D eigenvalue weighted by molar-refractivity contribution is 5.48. The van der Waals surface area contributed by atoms with Gasteiger partial charge < -0.3 is 19.3 Å². The zero-order chi connectivity index (χ0) is 15.0. The molecule has 0 aliphatic rings. The fourth-order valence-electron chi connectivity index (χ4n) is 2.25. The minimum atomic E-state index is -0.130. The van der Waals surface area contributed by atoms with Crippen molar-refractivity contribution in [1.29, 1.82) is 0 Å². The molecule has 0 radical (unpaired) electrons. The van der Waals surface area contributed by atoms with Gasteiger partial charge >= 0.3 is 0 Å². The maximum Gasteiger partial charge on any atom is 0.166 e. The molecule has 0 fully saturated rings. The van der Waals surface area contributed by atoms with E-state index in [4.69, 9.17) is 19.3 Å². The van der Waals surface area contributed by atoms with E-state index in [9.17, 15) is 0 Å². The molecular formula is C16H24O4. The van der Waals surface area contributed by atoms with E-state index in [-0.39, 0.29) is 18.6 Å². The summed E-state index contributed by atoms with van der Waals surface area (Å²) in [4.78, 5) is 0. The van der Waals surface area contributed by atoms with Crippen LogP contribution in [0, 0.1) is 5.92 Å². The predicted molar refractivity (Wildman–Crippen MR) is 79.3 cm³/mol. The van der Waals surface area contributed by atoms with Gasteiger partial charge in [0.1, 0.15) is 0 Å². The van der Waals surface area contributed by atoms with Crippen molar-refractivity contribution in [2.45, 2.75) is 19.4 Å². The molecule has 2 atom stereocenters. The Morgan fingerprint density at radius 1 is 1.20 bits per heavy atom. The molecule has 0 saturated heterocycles. The first-order chi connectivity index (χ1) is 9.69. The fraction of sp³-hybridized carbons (Fsp3) is 0.500. The molecule has 1 aromatic carbocycles. The van der Waals surface area contributed by atoms with Gasteiger partial charge in [0.15, 0.2) is 11.5 Å². The van der Waals surface area contributed by atoms with Gasteiger partial charge in [0.25, 0.3) is 0 Å². The maximum absolute atomic E-state index is 8.82. The van der Waals surface area contributed by atoms with Gasteiger partial charge in [-0.2, -0.15) is 0 Å². The SMILES string of the molecule is COc1cccc([C@@H](OC)[C@H](C)/C=C/CCO)c1OC. The third-order valence-electron chi connectivity index (χ3n) is 3.21. The summed E-state index contributed by atoms with van der Waals surface area (Å²) < 4.78 is 16.4. The molecule has 0 amide bonds. The normalized spacial score (nSPS) is 14.2. The molecular weight excluding hydrogens is 256 g/mol. The van der Waals surface area contributed by atoms with E-state index in [1.807, 2.05) is 30.4 Å². The highest BCUT2D eigenvalue weighted by Crippen LogP contribution is 2.39. The molecule has 4 nitrogen and oxygen atoms in total. The lowest BCUT2D eigenvalue weighted by atomic mass is 9.95.